The average Bonchev–Trinajstić information content (AvgIpc) is 3.12. The predicted octanol–water partition coefficient (Wildman–Crippen LogP) is 1.33. The minimum atomic E-state index is -0.291. The largest absolute Gasteiger partial charge is 0.463 e. The van der Waals surface area contributed by atoms with Gasteiger partial charge in [-0.25, -0.2) is 4.68 Å². The summed E-state index contributed by atoms with van der Waals surface area (Å²) in [7, 11) is 0. The fourth-order valence-electron chi connectivity index (χ4n) is 2.03. The highest BCUT2D eigenvalue weighted by Crippen LogP contribution is 2.14. The fraction of sp³-hybridized carbons (Fsp3) is 0.125. The number of aromatic nitrogens is 3. The first-order valence-electron chi connectivity index (χ1n) is 7.05. The molecule has 7 nitrogen and oxygen atoms in total. The molecule has 3 rings (SSSR count). The molecule has 0 saturated carbocycles. The van der Waals surface area contributed by atoms with Crippen LogP contribution in [0.5, 0.6) is 0 Å². The highest BCUT2D eigenvalue weighted by Gasteiger charge is 2.08. The number of pyridine rings is 1. The third kappa shape index (κ3) is 3.52. The van der Waals surface area contributed by atoms with E-state index >= 15 is 0 Å². The Bertz CT molecular complexity index is 841. The van der Waals surface area contributed by atoms with Crippen molar-refractivity contribution in [2.75, 3.05) is 6.54 Å². The van der Waals surface area contributed by atoms with Gasteiger partial charge in [-0.2, -0.15) is 5.10 Å². The standard InChI is InChI=1S/C16H14N4O3/c21-15-7-6-12(14-5-3-11-23-14)19-20(15)10-9-18-16(22)13-4-1-2-8-17-13/h1-8,11H,9-10H2,(H,18,22). The molecule has 3 aromatic heterocycles. The van der Waals surface area contributed by atoms with Crippen LogP contribution in [0.4, 0.5) is 0 Å². The van der Waals surface area contributed by atoms with Crippen molar-refractivity contribution >= 4 is 5.91 Å². The summed E-state index contributed by atoms with van der Waals surface area (Å²) in [5, 5.41) is 6.93. The van der Waals surface area contributed by atoms with Crippen LogP contribution in [0.2, 0.25) is 0 Å². The van der Waals surface area contributed by atoms with E-state index in [1.807, 2.05) is 0 Å². The van der Waals surface area contributed by atoms with Crippen LogP contribution in [0.3, 0.4) is 0 Å². The number of nitrogens with zero attached hydrogens (tertiary/aromatic N) is 3. The summed E-state index contributed by atoms with van der Waals surface area (Å²) in [6.07, 6.45) is 3.09. The molecule has 1 N–H and O–H groups in total. The molecule has 1 amide bonds. The number of hydrogen-bond acceptors (Lipinski definition) is 5. The normalized spacial score (nSPS) is 10.4. The maximum Gasteiger partial charge on any atom is 0.269 e. The van der Waals surface area contributed by atoms with Crippen LogP contribution < -0.4 is 10.9 Å². The minimum Gasteiger partial charge on any atom is -0.463 e. The van der Waals surface area contributed by atoms with Crippen molar-refractivity contribution < 1.29 is 9.21 Å². The average molecular weight is 310 g/mol. The van der Waals surface area contributed by atoms with Gasteiger partial charge in [-0.1, -0.05) is 6.07 Å². The molecule has 0 fully saturated rings. The van der Waals surface area contributed by atoms with Crippen LogP contribution in [-0.4, -0.2) is 27.2 Å². The van der Waals surface area contributed by atoms with E-state index in [0.29, 0.717) is 17.1 Å². The molecule has 0 saturated heterocycles. The van der Waals surface area contributed by atoms with Crippen LogP contribution in [0.15, 0.2) is 64.1 Å². The summed E-state index contributed by atoms with van der Waals surface area (Å²) >= 11 is 0. The van der Waals surface area contributed by atoms with Gasteiger partial charge in [0, 0.05) is 18.8 Å². The molecule has 7 heteroatoms. The Morgan fingerprint density at radius 1 is 1.17 bits per heavy atom. The lowest BCUT2D eigenvalue weighted by atomic mass is 10.3. The van der Waals surface area contributed by atoms with Gasteiger partial charge in [-0.15, -0.1) is 0 Å². The zero-order chi connectivity index (χ0) is 16.1. The van der Waals surface area contributed by atoms with E-state index in [0.717, 1.165) is 0 Å². The van der Waals surface area contributed by atoms with Gasteiger partial charge in [0.1, 0.15) is 11.4 Å². The number of carbonyl (C=O) groups excluding carboxylic acids is 1. The highest BCUT2D eigenvalue weighted by molar-refractivity contribution is 5.92. The van der Waals surface area contributed by atoms with Crippen molar-refractivity contribution in [3.8, 4) is 11.5 Å². The third-order valence-corrected chi connectivity index (χ3v) is 3.15. The molecular formula is C16H14N4O3. The maximum atomic E-state index is 11.9. The predicted molar refractivity (Wildman–Crippen MR) is 82.8 cm³/mol. The zero-order valence-corrected chi connectivity index (χ0v) is 12.2. The Balaban J connectivity index is 1.65. The third-order valence-electron chi connectivity index (χ3n) is 3.15. The van der Waals surface area contributed by atoms with Crippen molar-refractivity contribution in [3.05, 3.63) is 71.0 Å². The Morgan fingerprint density at radius 2 is 2.09 bits per heavy atom. The Hall–Kier alpha value is -3.22. The van der Waals surface area contributed by atoms with Gasteiger partial charge in [0.25, 0.3) is 11.5 Å². The summed E-state index contributed by atoms with van der Waals surface area (Å²) < 4.78 is 6.55. The molecule has 0 aliphatic heterocycles. The Kier molecular flexibility index (Phi) is 4.28. The van der Waals surface area contributed by atoms with Crippen molar-refractivity contribution in [2.24, 2.45) is 0 Å². The maximum absolute atomic E-state index is 11.9. The van der Waals surface area contributed by atoms with Crippen molar-refractivity contribution in [3.63, 3.8) is 0 Å². The van der Waals surface area contributed by atoms with Crippen LogP contribution in [0.1, 0.15) is 10.5 Å². The van der Waals surface area contributed by atoms with Crippen molar-refractivity contribution in [2.45, 2.75) is 6.54 Å². The molecular weight excluding hydrogens is 296 g/mol. The van der Waals surface area contributed by atoms with Gasteiger partial charge in [0.2, 0.25) is 0 Å². The fourth-order valence-corrected chi connectivity index (χ4v) is 2.03. The van der Waals surface area contributed by atoms with E-state index in [4.69, 9.17) is 4.42 Å². The summed E-state index contributed by atoms with van der Waals surface area (Å²) in [6.45, 7) is 0.524. The molecule has 0 atom stereocenters. The van der Waals surface area contributed by atoms with E-state index in [2.05, 4.69) is 15.4 Å². The van der Waals surface area contributed by atoms with E-state index in [1.165, 1.54) is 10.7 Å². The molecule has 116 valence electrons. The number of hydrogen-bond donors (Lipinski definition) is 1. The summed E-state index contributed by atoms with van der Waals surface area (Å²) in [4.78, 5) is 27.7. The first-order valence-corrected chi connectivity index (χ1v) is 7.05. The number of furan rings is 1. The highest BCUT2D eigenvalue weighted by atomic mass is 16.3. The lowest BCUT2D eigenvalue weighted by Crippen LogP contribution is -2.32. The molecule has 0 radical (unpaired) electrons. The molecule has 3 aromatic rings. The molecule has 0 unspecified atom stereocenters. The molecule has 23 heavy (non-hydrogen) atoms. The Labute approximate surface area is 131 Å². The van der Waals surface area contributed by atoms with E-state index < -0.39 is 0 Å². The van der Waals surface area contributed by atoms with Gasteiger partial charge in [-0.3, -0.25) is 14.6 Å². The van der Waals surface area contributed by atoms with Crippen molar-refractivity contribution in [1.29, 1.82) is 0 Å². The van der Waals surface area contributed by atoms with Crippen LogP contribution in [0, 0.1) is 0 Å². The van der Waals surface area contributed by atoms with Gasteiger partial charge in [0.05, 0.1) is 12.8 Å². The van der Waals surface area contributed by atoms with Gasteiger partial charge in [-0.05, 0) is 30.3 Å². The van der Waals surface area contributed by atoms with Gasteiger partial charge in [0.15, 0.2) is 5.76 Å². The first-order chi connectivity index (χ1) is 11.2. The quantitative estimate of drug-likeness (QED) is 0.768. The zero-order valence-electron chi connectivity index (χ0n) is 12.2. The second-order valence-electron chi connectivity index (χ2n) is 4.73. The van der Waals surface area contributed by atoms with Crippen LogP contribution in [0.25, 0.3) is 11.5 Å². The first kappa shape index (κ1) is 14.7. The summed E-state index contributed by atoms with van der Waals surface area (Å²) in [6, 6.07) is 11.6. The SMILES string of the molecule is O=C(NCCn1nc(-c2ccco2)ccc1=O)c1ccccn1. The van der Waals surface area contributed by atoms with Crippen molar-refractivity contribution in [1.82, 2.24) is 20.1 Å². The van der Waals surface area contributed by atoms with E-state index in [-0.39, 0.29) is 24.6 Å². The number of carbonyl (C=O) groups is 1. The molecule has 0 aliphatic carbocycles. The lowest BCUT2D eigenvalue weighted by molar-refractivity contribution is 0.0947. The monoisotopic (exact) mass is 310 g/mol. The van der Waals surface area contributed by atoms with E-state index in [9.17, 15) is 9.59 Å². The van der Waals surface area contributed by atoms with Crippen LogP contribution >= 0.6 is 0 Å². The molecule has 3 heterocycles. The Morgan fingerprint density at radius 3 is 2.83 bits per heavy atom. The lowest BCUT2D eigenvalue weighted by Gasteiger charge is -2.07. The molecule has 0 spiro atoms. The molecule has 0 bridgehead atoms. The summed E-state index contributed by atoms with van der Waals surface area (Å²) in [5.41, 5.74) is 0.648. The van der Waals surface area contributed by atoms with E-state index in [1.54, 1.807) is 48.9 Å². The van der Waals surface area contributed by atoms with Crippen LogP contribution in [-0.2, 0) is 6.54 Å². The van der Waals surface area contributed by atoms with Gasteiger partial charge < -0.3 is 9.73 Å². The number of rotatable bonds is 5. The smallest absolute Gasteiger partial charge is 0.269 e. The number of amides is 1. The number of nitrogens with one attached hydrogen (secondary N) is 1. The van der Waals surface area contributed by atoms with Gasteiger partial charge >= 0.3 is 0 Å². The topological polar surface area (TPSA) is 90.0 Å². The molecule has 0 aliphatic rings. The molecule has 0 aromatic carbocycles. The summed E-state index contributed by atoms with van der Waals surface area (Å²) in [5.74, 6) is 0.289. The minimum absolute atomic E-state index is 0.243. The second kappa shape index (κ2) is 6.69. The second-order valence-corrected chi connectivity index (χ2v) is 4.73.